The van der Waals surface area contributed by atoms with Crippen LogP contribution in [0.2, 0.25) is 0 Å². The van der Waals surface area contributed by atoms with Crippen molar-refractivity contribution in [3.8, 4) is 0 Å². The van der Waals surface area contributed by atoms with Crippen molar-refractivity contribution in [2.45, 2.75) is 52.9 Å². The molecule has 0 bridgehead atoms. The molecule has 182 valence electrons. The zero-order valence-electron chi connectivity index (χ0n) is 19.3. The molecule has 0 spiro atoms. The number of carbonyl (C=O) groups is 2. The predicted molar refractivity (Wildman–Crippen MR) is 126 cm³/mol. The van der Waals surface area contributed by atoms with Crippen LogP contribution in [0.15, 0.2) is 18.2 Å². The quantitative estimate of drug-likeness (QED) is 0.538. The van der Waals surface area contributed by atoms with Crippen LogP contribution in [-0.2, 0) is 29.6 Å². The van der Waals surface area contributed by atoms with Crippen molar-refractivity contribution in [1.82, 2.24) is 3.97 Å². The van der Waals surface area contributed by atoms with E-state index in [0.29, 0.717) is 12.8 Å². The van der Waals surface area contributed by atoms with Gasteiger partial charge in [-0.3, -0.25) is 4.79 Å². The zero-order chi connectivity index (χ0) is 24.6. The number of fused-ring (bicyclic) bond motifs is 1. The standard InChI is InChI=1S/C22H30N2O7S2/c1-5-32(27,28)23-15(3)20(22(26)31-4)18-14-17(12-13-19(18)23)24(33(29,30)6-2)21(25)16-10-8-7-9-11-16/h12-14,16H,5-11H2,1-4H3. The van der Waals surface area contributed by atoms with Gasteiger partial charge < -0.3 is 4.74 Å². The van der Waals surface area contributed by atoms with Crippen LogP contribution in [0.3, 0.4) is 0 Å². The van der Waals surface area contributed by atoms with Crippen molar-refractivity contribution in [3.05, 3.63) is 29.5 Å². The third-order valence-corrected chi connectivity index (χ3v) is 9.63. The van der Waals surface area contributed by atoms with Crippen molar-refractivity contribution in [3.63, 3.8) is 0 Å². The number of ether oxygens (including phenoxy) is 1. The summed E-state index contributed by atoms with van der Waals surface area (Å²) in [6, 6.07) is 4.24. The number of amides is 1. The van der Waals surface area contributed by atoms with Gasteiger partial charge in [0.15, 0.2) is 0 Å². The lowest BCUT2D eigenvalue weighted by Gasteiger charge is -2.28. The molecule has 0 N–H and O–H groups in total. The fourth-order valence-corrected chi connectivity index (χ4v) is 6.76. The van der Waals surface area contributed by atoms with Crippen LogP contribution >= 0.6 is 0 Å². The second kappa shape index (κ2) is 9.46. The van der Waals surface area contributed by atoms with Gasteiger partial charge in [0, 0.05) is 17.0 Å². The first-order valence-corrected chi connectivity index (χ1v) is 14.2. The summed E-state index contributed by atoms with van der Waals surface area (Å²) in [7, 11) is -6.54. The highest BCUT2D eigenvalue weighted by Gasteiger charge is 2.35. The van der Waals surface area contributed by atoms with E-state index >= 15 is 0 Å². The first kappa shape index (κ1) is 25.2. The molecular weight excluding hydrogens is 468 g/mol. The SMILES string of the molecule is CCS(=O)(=O)N(C(=O)C1CCCCC1)c1ccc2c(c1)c(C(=O)OC)c(C)n2S(=O)(=O)CC. The Kier molecular flexibility index (Phi) is 7.23. The van der Waals surface area contributed by atoms with E-state index in [9.17, 15) is 26.4 Å². The van der Waals surface area contributed by atoms with Gasteiger partial charge in [0.25, 0.3) is 0 Å². The molecule has 1 aliphatic rings. The number of methoxy groups -OCH3 is 1. The molecule has 1 fully saturated rings. The molecule has 0 atom stereocenters. The lowest BCUT2D eigenvalue weighted by Crippen LogP contribution is -2.42. The molecule has 1 aromatic carbocycles. The number of hydrogen-bond acceptors (Lipinski definition) is 7. The van der Waals surface area contributed by atoms with Crippen molar-refractivity contribution < 1.29 is 31.2 Å². The molecule has 1 amide bonds. The Labute approximate surface area is 194 Å². The maximum absolute atomic E-state index is 13.3. The Balaban J connectivity index is 2.29. The molecule has 1 aliphatic carbocycles. The summed E-state index contributed by atoms with van der Waals surface area (Å²) < 4.78 is 58.2. The molecule has 0 radical (unpaired) electrons. The van der Waals surface area contributed by atoms with E-state index in [4.69, 9.17) is 4.74 Å². The summed E-state index contributed by atoms with van der Waals surface area (Å²) in [4.78, 5) is 25.9. The van der Waals surface area contributed by atoms with Gasteiger partial charge in [0.05, 0.1) is 35.4 Å². The summed E-state index contributed by atoms with van der Waals surface area (Å²) in [6.07, 6.45) is 3.97. The highest BCUT2D eigenvalue weighted by atomic mass is 32.2. The molecule has 9 nitrogen and oxygen atoms in total. The topological polar surface area (TPSA) is 120 Å². The molecule has 1 heterocycles. The minimum absolute atomic E-state index is 0.0188. The number of carbonyl (C=O) groups excluding carboxylic acids is 2. The first-order valence-electron chi connectivity index (χ1n) is 11.0. The minimum atomic E-state index is -3.96. The van der Waals surface area contributed by atoms with Gasteiger partial charge in [-0.2, -0.15) is 0 Å². The molecule has 0 saturated heterocycles. The van der Waals surface area contributed by atoms with Gasteiger partial charge in [0.1, 0.15) is 0 Å². The Morgan fingerprint density at radius 2 is 1.70 bits per heavy atom. The van der Waals surface area contributed by atoms with Crippen LogP contribution in [0.1, 0.15) is 62.0 Å². The molecule has 1 aromatic heterocycles. The summed E-state index contributed by atoms with van der Waals surface area (Å²) >= 11 is 0. The Morgan fingerprint density at radius 3 is 2.24 bits per heavy atom. The summed E-state index contributed by atoms with van der Waals surface area (Å²) in [5.41, 5.74) is 0.485. The van der Waals surface area contributed by atoms with Crippen LogP contribution in [0.25, 0.3) is 10.9 Å². The van der Waals surface area contributed by atoms with Crippen LogP contribution in [-0.4, -0.2) is 51.3 Å². The Morgan fingerprint density at radius 1 is 1.06 bits per heavy atom. The Bertz CT molecular complexity index is 1290. The average Bonchev–Trinajstić information content (AvgIpc) is 3.10. The van der Waals surface area contributed by atoms with Gasteiger partial charge in [-0.25, -0.2) is 29.9 Å². The Hall–Kier alpha value is -2.40. The number of rotatable bonds is 7. The van der Waals surface area contributed by atoms with E-state index in [1.807, 2.05) is 0 Å². The second-order valence-electron chi connectivity index (χ2n) is 8.16. The number of esters is 1. The highest BCUT2D eigenvalue weighted by Crippen LogP contribution is 2.35. The van der Waals surface area contributed by atoms with Gasteiger partial charge in [-0.1, -0.05) is 19.3 Å². The largest absolute Gasteiger partial charge is 0.465 e. The fourth-order valence-electron chi connectivity index (χ4n) is 4.42. The van der Waals surface area contributed by atoms with Crippen LogP contribution in [0, 0.1) is 12.8 Å². The van der Waals surface area contributed by atoms with E-state index in [1.165, 1.54) is 46.1 Å². The van der Waals surface area contributed by atoms with E-state index in [-0.39, 0.29) is 39.4 Å². The van der Waals surface area contributed by atoms with Crippen molar-refractivity contribution >= 4 is 48.5 Å². The van der Waals surface area contributed by atoms with E-state index in [0.717, 1.165) is 27.5 Å². The van der Waals surface area contributed by atoms with E-state index in [1.54, 1.807) is 0 Å². The summed E-state index contributed by atoms with van der Waals surface area (Å²) in [5, 5.41) is 0.210. The van der Waals surface area contributed by atoms with Crippen molar-refractivity contribution in [2.24, 2.45) is 5.92 Å². The van der Waals surface area contributed by atoms with Crippen LogP contribution in [0.4, 0.5) is 5.69 Å². The molecule has 2 aromatic rings. The summed E-state index contributed by atoms with van der Waals surface area (Å²) in [6.45, 7) is 4.45. The zero-order valence-corrected chi connectivity index (χ0v) is 21.0. The van der Waals surface area contributed by atoms with Crippen LogP contribution in [0.5, 0.6) is 0 Å². The monoisotopic (exact) mass is 498 g/mol. The molecule has 0 aliphatic heterocycles. The first-order chi connectivity index (χ1) is 15.5. The maximum Gasteiger partial charge on any atom is 0.340 e. The van der Waals surface area contributed by atoms with Gasteiger partial charge in [-0.15, -0.1) is 0 Å². The number of nitrogens with zero attached hydrogens (tertiary/aromatic N) is 2. The lowest BCUT2D eigenvalue weighted by atomic mass is 9.88. The van der Waals surface area contributed by atoms with E-state index in [2.05, 4.69) is 0 Å². The molecule has 3 rings (SSSR count). The van der Waals surface area contributed by atoms with Gasteiger partial charge in [0.2, 0.25) is 26.0 Å². The van der Waals surface area contributed by atoms with Gasteiger partial charge in [-0.05, 0) is 51.8 Å². The third-order valence-electron chi connectivity index (χ3n) is 6.20. The van der Waals surface area contributed by atoms with E-state index < -0.39 is 37.8 Å². The van der Waals surface area contributed by atoms with Gasteiger partial charge >= 0.3 is 5.97 Å². The highest BCUT2D eigenvalue weighted by molar-refractivity contribution is 7.93. The number of sulfonamides is 1. The van der Waals surface area contributed by atoms with Crippen LogP contribution < -0.4 is 4.31 Å². The molecule has 1 saturated carbocycles. The fraction of sp³-hybridized carbons (Fsp3) is 0.545. The summed E-state index contributed by atoms with van der Waals surface area (Å²) in [5.74, 6) is -2.12. The normalized spacial score (nSPS) is 15.5. The molecule has 11 heteroatoms. The average molecular weight is 499 g/mol. The third kappa shape index (κ3) is 4.52. The molecular formula is C22H30N2O7S2. The number of aromatic nitrogens is 1. The van der Waals surface area contributed by atoms with Crippen molar-refractivity contribution in [1.29, 1.82) is 0 Å². The predicted octanol–water partition coefficient (Wildman–Crippen LogP) is 3.20. The number of benzene rings is 1. The number of hydrogen-bond donors (Lipinski definition) is 0. The maximum atomic E-state index is 13.3. The second-order valence-corrected chi connectivity index (χ2v) is 12.4. The smallest absolute Gasteiger partial charge is 0.340 e. The molecule has 0 unspecified atom stereocenters. The minimum Gasteiger partial charge on any atom is -0.465 e. The van der Waals surface area contributed by atoms with Crippen molar-refractivity contribution in [2.75, 3.05) is 22.9 Å². The number of anilines is 1. The lowest BCUT2D eigenvalue weighted by molar-refractivity contribution is -0.122. The molecule has 33 heavy (non-hydrogen) atoms.